The molecule has 0 radical (unpaired) electrons. The molecule has 1 atom stereocenters. The summed E-state index contributed by atoms with van der Waals surface area (Å²) in [5, 5.41) is 11.6. The molecule has 1 unspecified atom stereocenters. The lowest BCUT2D eigenvalue weighted by atomic mass is 9.78. The highest BCUT2D eigenvalue weighted by Crippen LogP contribution is 2.31. The van der Waals surface area contributed by atoms with Crippen molar-refractivity contribution in [3.05, 3.63) is 80.1 Å². The maximum absolute atomic E-state index is 12.3. The minimum atomic E-state index is -0.715. The Morgan fingerprint density at radius 3 is 2.65 bits per heavy atom. The average Bonchev–Trinajstić information content (AvgIpc) is 2.61. The lowest BCUT2D eigenvalue weighted by molar-refractivity contribution is 0.607. The summed E-state index contributed by atoms with van der Waals surface area (Å²) < 4.78 is 0. The molecule has 3 nitrogen and oxygen atoms in total. The molecule has 0 fully saturated rings. The van der Waals surface area contributed by atoms with Gasteiger partial charge in [-0.2, -0.15) is 5.26 Å². The molecule has 3 aromatic rings. The van der Waals surface area contributed by atoms with Gasteiger partial charge in [-0.1, -0.05) is 42.8 Å². The number of aromatic nitrogens is 1. The first-order valence-corrected chi connectivity index (χ1v) is 9.07. The fourth-order valence-electron chi connectivity index (χ4n) is 3.54. The lowest BCUT2D eigenvalue weighted by Crippen LogP contribution is -2.23. The van der Waals surface area contributed by atoms with Crippen molar-refractivity contribution in [3.63, 3.8) is 0 Å². The molecule has 0 saturated heterocycles. The van der Waals surface area contributed by atoms with Gasteiger partial charge in [0.1, 0.15) is 0 Å². The number of aromatic amines is 1. The fraction of sp³-hybridized carbons (Fsp3) is 0.273. The van der Waals surface area contributed by atoms with Gasteiger partial charge in [0.2, 0.25) is 0 Å². The van der Waals surface area contributed by atoms with Gasteiger partial charge in [-0.15, -0.1) is 0 Å². The second kappa shape index (κ2) is 6.97. The number of H-pyrrole nitrogens is 1. The number of aryl methyl sites for hydroxylation is 1. The topological polar surface area (TPSA) is 56.6 Å². The number of halogens is 1. The Kier molecular flexibility index (Phi) is 4.89. The molecule has 0 aliphatic rings. The van der Waals surface area contributed by atoms with Gasteiger partial charge in [-0.05, 0) is 61.6 Å². The molecule has 0 spiro atoms. The zero-order valence-corrected chi connectivity index (χ0v) is 15.9. The minimum Gasteiger partial charge on any atom is -0.322 e. The van der Waals surface area contributed by atoms with Crippen molar-refractivity contribution in [1.82, 2.24) is 4.98 Å². The summed E-state index contributed by atoms with van der Waals surface area (Å²) in [5.41, 5.74) is 3.71. The molecule has 0 aliphatic carbocycles. The number of hydrogen-bond donors (Lipinski definition) is 1. The Hall–Kier alpha value is -2.57. The first-order valence-electron chi connectivity index (χ1n) is 8.69. The van der Waals surface area contributed by atoms with Crippen LogP contribution in [0.5, 0.6) is 0 Å². The molecular weight excluding hydrogens is 344 g/mol. The second-order valence-electron chi connectivity index (χ2n) is 6.92. The number of fused-ring (bicyclic) bond motifs is 1. The van der Waals surface area contributed by atoms with E-state index in [9.17, 15) is 10.1 Å². The van der Waals surface area contributed by atoms with Crippen LogP contribution in [0.25, 0.3) is 10.9 Å². The maximum Gasteiger partial charge on any atom is 0.251 e. The van der Waals surface area contributed by atoms with Crippen LogP contribution in [0.1, 0.15) is 36.1 Å². The first kappa shape index (κ1) is 18.2. The van der Waals surface area contributed by atoms with E-state index in [4.69, 9.17) is 11.6 Å². The van der Waals surface area contributed by atoms with E-state index in [1.807, 2.05) is 63.2 Å². The molecule has 1 aromatic heterocycles. The summed E-state index contributed by atoms with van der Waals surface area (Å²) in [6, 6.07) is 15.9. The summed E-state index contributed by atoms with van der Waals surface area (Å²) >= 11 is 6.08. The summed E-state index contributed by atoms with van der Waals surface area (Å²) in [5.74, 6) is 0. The Bertz CT molecular complexity index is 1080. The van der Waals surface area contributed by atoms with Crippen molar-refractivity contribution in [2.24, 2.45) is 0 Å². The number of hydrogen-bond acceptors (Lipinski definition) is 2. The Balaban J connectivity index is 2.10. The van der Waals surface area contributed by atoms with Crippen LogP contribution in [-0.2, 0) is 18.3 Å². The fourth-order valence-corrected chi connectivity index (χ4v) is 3.75. The molecule has 0 bridgehead atoms. The first-order chi connectivity index (χ1) is 12.4. The zero-order chi connectivity index (χ0) is 18.9. The van der Waals surface area contributed by atoms with Crippen molar-refractivity contribution >= 4 is 22.5 Å². The van der Waals surface area contributed by atoms with Gasteiger partial charge in [0, 0.05) is 21.5 Å². The standard InChI is InChI=1S/C22H21ClN2O/c1-4-18-14(2)19-9-8-16(11-20(19)25-21(18)26)22(3,13-24)12-15-6-5-7-17(23)10-15/h5-11H,4,12H2,1-3H3,(H,25,26). The molecule has 26 heavy (non-hydrogen) atoms. The third kappa shape index (κ3) is 3.25. The van der Waals surface area contributed by atoms with E-state index in [-0.39, 0.29) is 5.56 Å². The molecule has 0 aliphatic heterocycles. The third-order valence-corrected chi connectivity index (χ3v) is 5.32. The van der Waals surface area contributed by atoms with Crippen LogP contribution in [0.4, 0.5) is 0 Å². The van der Waals surface area contributed by atoms with Crippen LogP contribution in [-0.4, -0.2) is 4.98 Å². The van der Waals surface area contributed by atoms with E-state index in [2.05, 4.69) is 11.1 Å². The smallest absolute Gasteiger partial charge is 0.251 e. The van der Waals surface area contributed by atoms with Crippen LogP contribution in [0.15, 0.2) is 47.3 Å². The number of rotatable bonds is 4. The Morgan fingerprint density at radius 1 is 1.23 bits per heavy atom. The highest BCUT2D eigenvalue weighted by Gasteiger charge is 2.27. The van der Waals surface area contributed by atoms with Gasteiger partial charge >= 0.3 is 0 Å². The van der Waals surface area contributed by atoms with Crippen LogP contribution in [0.3, 0.4) is 0 Å². The number of nitrogens with one attached hydrogen (secondary N) is 1. The second-order valence-corrected chi connectivity index (χ2v) is 7.36. The SMILES string of the molecule is CCc1c(C)c2ccc(C(C)(C#N)Cc3cccc(Cl)c3)cc2[nH]c1=O. The van der Waals surface area contributed by atoms with E-state index in [1.165, 1.54) is 0 Å². The quantitative estimate of drug-likeness (QED) is 0.702. The van der Waals surface area contributed by atoms with Crippen LogP contribution < -0.4 is 5.56 Å². The van der Waals surface area contributed by atoms with E-state index in [0.29, 0.717) is 17.9 Å². The number of pyridine rings is 1. The number of nitrogens with zero attached hydrogens (tertiary/aromatic N) is 1. The molecule has 1 N–H and O–H groups in total. The van der Waals surface area contributed by atoms with Gasteiger partial charge in [-0.25, -0.2) is 0 Å². The molecular formula is C22H21ClN2O. The summed E-state index contributed by atoms with van der Waals surface area (Å²) in [6.07, 6.45) is 1.25. The third-order valence-electron chi connectivity index (χ3n) is 5.08. The predicted molar refractivity (Wildman–Crippen MR) is 107 cm³/mol. The van der Waals surface area contributed by atoms with Crippen molar-refractivity contribution in [3.8, 4) is 6.07 Å². The molecule has 1 heterocycles. The van der Waals surface area contributed by atoms with Crippen LogP contribution >= 0.6 is 11.6 Å². The van der Waals surface area contributed by atoms with Gasteiger partial charge in [0.25, 0.3) is 5.56 Å². The Morgan fingerprint density at radius 2 is 2.00 bits per heavy atom. The van der Waals surface area contributed by atoms with Gasteiger partial charge in [0.05, 0.1) is 11.5 Å². The molecule has 3 rings (SSSR count). The van der Waals surface area contributed by atoms with Crippen molar-refractivity contribution in [2.45, 2.75) is 39.0 Å². The van der Waals surface area contributed by atoms with E-state index >= 15 is 0 Å². The maximum atomic E-state index is 12.3. The molecule has 132 valence electrons. The summed E-state index contributed by atoms with van der Waals surface area (Å²) in [6.45, 7) is 5.88. The van der Waals surface area contributed by atoms with Crippen molar-refractivity contribution < 1.29 is 0 Å². The van der Waals surface area contributed by atoms with Crippen LogP contribution in [0, 0.1) is 18.3 Å². The summed E-state index contributed by atoms with van der Waals surface area (Å²) in [4.78, 5) is 15.3. The van der Waals surface area contributed by atoms with Gasteiger partial charge in [-0.3, -0.25) is 4.79 Å². The van der Waals surface area contributed by atoms with Crippen LogP contribution in [0.2, 0.25) is 5.02 Å². The van der Waals surface area contributed by atoms with Gasteiger partial charge in [0.15, 0.2) is 0 Å². The molecule has 2 aromatic carbocycles. The largest absolute Gasteiger partial charge is 0.322 e. The highest BCUT2D eigenvalue weighted by atomic mass is 35.5. The normalized spacial score (nSPS) is 13.3. The minimum absolute atomic E-state index is 0.0526. The van der Waals surface area contributed by atoms with Gasteiger partial charge < -0.3 is 4.98 Å². The summed E-state index contributed by atoms with van der Waals surface area (Å²) in [7, 11) is 0. The zero-order valence-electron chi connectivity index (χ0n) is 15.2. The number of nitriles is 1. The Labute approximate surface area is 158 Å². The van der Waals surface area contributed by atoms with Crippen molar-refractivity contribution in [2.75, 3.05) is 0 Å². The van der Waals surface area contributed by atoms with E-state index < -0.39 is 5.41 Å². The monoisotopic (exact) mass is 364 g/mol. The number of benzene rings is 2. The van der Waals surface area contributed by atoms with E-state index in [1.54, 1.807) is 0 Å². The molecule has 4 heteroatoms. The lowest BCUT2D eigenvalue weighted by Gasteiger charge is -2.23. The average molecular weight is 365 g/mol. The highest BCUT2D eigenvalue weighted by molar-refractivity contribution is 6.30. The molecule has 0 amide bonds. The van der Waals surface area contributed by atoms with E-state index in [0.717, 1.165) is 33.2 Å². The van der Waals surface area contributed by atoms with Crippen molar-refractivity contribution in [1.29, 1.82) is 5.26 Å². The predicted octanol–water partition coefficient (Wildman–Crippen LogP) is 5.08. The molecule has 0 saturated carbocycles.